The van der Waals surface area contributed by atoms with E-state index in [-0.39, 0.29) is 12.1 Å². The zero-order valence-corrected chi connectivity index (χ0v) is 14.4. The maximum atomic E-state index is 10.9. The third-order valence-corrected chi connectivity index (χ3v) is 3.65. The molecule has 1 unspecified atom stereocenters. The van der Waals surface area contributed by atoms with Gasteiger partial charge in [-0.25, -0.2) is 0 Å². The first-order valence-corrected chi connectivity index (χ1v) is 8.75. The summed E-state index contributed by atoms with van der Waals surface area (Å²) in [5.74, 6) is -0.110. The molecule has 0 spiro atoms. The number of hydrogen-bond acceptors (Lipinski definition) is 3. The van der Waals surface area contributed by atoms with Gasteiger partial charge in [0.05, 0.1) is 13.2 Å². The van der Waals surface area contributed by atoms with Crippen LogP contribution in [0.2, 0.25) is 0 Å². The van der Waals surface area contributed by atoms with Crippen LogP contribution < -0.4 is 0 Å². The maximum absolute atomic E-state index is 10.9. The Morgan fingerprint density at radius 1 is 1.00 bits per heavy atom. The number of rotatable bonds is 14. The van der Waals surface area contributed by atoms with Crippen LogP contribution in [0.25, 0.3) is 0 Å². The summed E-state index contributed by atoms with van der Waals surface area (Å²) in [5.41, 5.74) is 0. The maximum Gasteiger partial charge on any atom is 0.305 e. The van der Waals surface area contributed by atoms with Gasteiger partial charge in [-0.15, -0.1) is 0 Å². The molecule has 0 aromatic heterocycles. The Hall–Kier alpha value is -1.09. The van der Waals surface area contributed by atoms with Gasteiger partial charge >= 0.3 is 5.97 Å². The second-order valence-electron chi connectivity index (χ2n) is 5.71. The summed E-state index contributed by atoms with van der Waals surface area (Å²) < 4.78 is 4.61. The minimum absolute atomic E-state index is 0.110. The molecule has 0 aliphatic heterocycles. The van der Waals surface area contributed by atoms with Crippen LogP contribution in [-0.2, 0) is 9.53 Å². The fourth-order valence-electron chi connectivity index (χ4n) is 2.27. The van der Waals surface area contributed by atoms with Crippen LogP contribution in [0.15, 0.2) is 24.3 Å². The molecule has 3 heteroatoms. The van der Waals surface area contributed by atoms with Gasteiger partial charge in [0.15, 0.2) is 0 Å². The molecule has 0 aliphatic carbocycles. The first kappa shape index (κ1) is 20.9. The Kier molecular flexibility index (Phi) is 15.5. The van der Waals surface area contributed by atoms with E-state index in [1.165, 1.54) is 13.5 Å². The molecule has 0 heterocycles. The lowest BCUT2D eigenvalue weighted by atomic mass is 10.0. The Bertz CT molecular complexity index is 308. The molecule has 0 aromatic carbocycles. The van der Waals surface area contributed by atoms with Gasteiger partial charge in [0.25, 0.3) is 0 Å². The van der Waals surface area contributed by atoms with Gasteiger partial charge in [-0.2, -0.15) is 0 Å². The number of carbonyl (C=O) groups excluding carboxylic acids is 1. The van der Waals surface area contributed by atoms with Crippen LogP contribution in [0.3, 0.4) is 0 Å². The zero-order valence-electron chi connectivity index (χ0n) is 14.4. The van der Waals surface area contributed by atoms with Crippen LogP contribution in [-0.4, -0.2) is 24.3 Å². The minimum atomic E-state index is -0.203. The average Bonchev–Trinajstić information content (AvgIpc) is 2.52. The molecule has 1 N–H and O–H groups in total. The molecule has 0 amide bonds. The van der Waals surface area contributed by atoms with Crippen molar-refractivity contribution in [2.24, 2.45) is 0 Å². The van der Waals surface area contributed by atoms with Crippen molar-refractivity contribution in [3.8, 4) is 0 Å². The van der Waals surface area contributed by atoms with Gasteiger partial charge in [0.1, 0.15) is 0 Å². The van der Waals surface area contributed by atoms with E-state index in [1.807, 2.05) is 0 Å². The topological polar surface area (TPSA) is 46.5 Å². The van der Waals surface area contributed by atoms with Crippen LogP contribution >= 0.6 is 0 Å². The van der Waals surface area contributed by atoms with Gasteiger partial charge in [-0.1, -0.05) is 63.3 Å². The van der Waals surface area contributed by atoms with Crippen molar-refractivity contribution in [3.05, 3.63) is 24.3 Å². The molecule has 0 rings (SSSR count). The van der Waals surface area contributed by atoms with E-state index in [4.69, 9.17) is 0 Å². The highest BCUT2D eigenvalue weighted by Crippen LogP contribution is 2.11. The smallest absolute Gasteiger partial charge is 0.305 e. The van der Waals surface area contributed by atoms with E-state index < -0.39 is 0 Å². The van der Waals surface area contributed by atoms with E-state index in [1.54, 1.807) is 0 Å². The van der Waals surface area contributed by atoms with Crippen LogP contribution in [0, 0.1) is 0 Å². The van der Waals surface area contributed by atoms with E-state index >= 15 is 0 Å². The van der Waals surface area contributed by atoms with Crippen molar-refractivity contribution in [2.75, 3.05) is 7.11 Å². The average molecular weight is 310 g/mol. The van der Waals surface area contributed by atoms with Crippen LogP contribution in [0.1, 0.15) is 77.6 Å². The number of hydrogen-bond donors (Lipinski definition) is 1. The molecule has 128 valence electrons. The molecule has 1 atom stereocenters. The van der Waals surface area contributed by atoms with Crippen molar-refractivity contribution in [1.29, 1.82) is 0 Å². The van der Waals surface area contributed by atoms with E-state index in [9.17, 15) is 9.90 Å². The Balaban J connectivity index is 3.33. The third kappa shape index (κ3) is 15.3. The highest BCUT2D eigenvalue weighted by molar-refractivity contribution is 5.68. The molecule has 0 fully saturated rings. The highest BCUT2D eigenvalue weighted by Gasteiger charge is 2.02. The summed E-state index contributed by atoms with van der Waals surface area (Å²) in [6, 6.07) is 0. The molecule has 0 aromatic rings. The first-order valence-electron chi connectivity index (χ1n) is 8.75. The predicted octanol–water partition coefficient (Wildman–Crippen LogP) is 4.94. The number of unbranched alkanes of at least 4 members (excludes halogenated alkanes) is 5. The lowest BCUT2D eigenvalue weighted by Crippen LogP contribution is -2.04. The number of carbonyl (C=O) groups is 1. The van der Waals surface area contributed by atoms with Gasteiger partial charge in [-0.05, 0) is 32.1 Å². The fourth-order valence-corrected chi connectivity index (χ4v) is 2.27. The number of methoxy groups -OCH3 is 1. The molecule has 0 radical (unpaired) electrons. The number of aliphatic hydroxyl groups excluding tert-OH is 1. The lowest BCUT2D eigenvalue weighted by Gasteiger charge is -2.07. The number of esters is 1. The Morgan fingerprint density at radius 2 is 1.64 bits per heavy atom. The molecule has 0 bridgehead atoms. The van der Waals surface area contributed by atoms with Crippen molar-refractivity contribution in [2.45, 2.75) is 83.7 Å². The summed E-state index contributed by atoms with van der Waals surface area (Å²) in [6.45, 7) is 2.13. The molecular formula is C19H34O3. The number of ether oxygens (including phenoxy) is 1. The third-order valence-electron chi connectivity index (χ3n) is 3.65. The minimum Gasteiger partial charge on any atom is -0.469 e. The van der Waals surface area contributed by atoms with E-state index in [0.29, 0.717) is 6.42 Å². The summed E-state index contributed by atoms with van der Waals surface area (Å²) >= 11 is 0. The quantitative estimate of drug-likeness (QED) is 0.281. The van der Waals surface area contributed by atoms with Gasteiger partial charge in [-0.3, -0.25) is 4.79 Å². The molecule has 22 heavy (non-hydrogen) atoms. The van der Waals surface area contributed by atoms with E-state index in [0.717, 1.165) is 57.8 Å². The van der Waals surface area contributed by atoms with Gasteiger partial charge in [0, 0.05) is 6.42 Å². The fraction of sp³-hybridized carbons (Fsp3) is 0.737. The predicted molar refractivity (Wildman–Crippen MR) is 92.8 cm³/mol. The van der Waals surface area contributed by atoms with Crippen molar-refractivity contribution in [3.63, 3.8) is 0 Å². The summed E-state index contributed by atoms with van der Waals surface area (Å²) in [7, 11) is 1.44. The van der Waals surface area contributed by atoms with Gasteiger partial charge in [0.2, 0.25) is 0 Å². The van der Waals surface area contributed by atoms with Crippen LogP contribution in [0.5, 0.6) is 0 Å². The zero-order chi connectivity index (χ0) is 16.5. The Morgan fingerprint density at radius 3 is 2.32 bits per heavy atom. The summed E-state index contributed by atoms with van der Waals surface area (Å²) in [6.07, 6.45) is 19.2. The van der Waals surface area contributed by atoms with E-state index in [2.05, 4.69) is 36.0 Å². The highest BCUT2D eigenvalue weighted by atomic mass is 16.5. The lowest BCUT2D eigenvalue weighted by molar-refractivity contribution is -0.140. The van der Waals surface area contributed by atoms with Crippen molar-refractivity contribution < 1.29 is 14.6 Å². The number of aliphatic hydroxyl groups is 1. The molecule has 0 saturated heterocycles. The normalized spacial score (nSPS) is 13.0. The molecule has 0 saturated carbocycles. The largest absolute Gasteiger partial charge is 0.469 e. The SMILES string of the molecule is CCC=CCC=CCC(O)CCCCCCCCC(=O)OC. The molecule has 3 nitrogen and oxygen atoms in total. The number of allylic oxidation sites excluding steroid dienone is 3. The van der Waals surface area contributed by atoms with Gasteiger partial charge < -0.3 is 9.84 Å². The monoisotopic (exact) mass is 310 g/mol. The second kappa shape index (κ2) is 16.3. The summed E-state index contributed by atoms with van der Waals surface area (Å²) in [4.78, 5) is 10.9. The van der Waals surface area contributed by atoms with Crippen molar-refractivity contribution >= 4 is 5.97 Å². The second-order valence-corrected chi connectivity index (χ2v) is 5.71. The van der Waals surface area contributed by atoms with Crippen LogP contribution in [0.4, 0.5) is 0 Å². The molecule has 0 aliphatic rings. The standard InChI is InChI=1S/C19H34O3/c1-3-4-5-6-9-12-15-18(20)16-13-10-7-8-11-14-17-19(21)22-2/h4-5,9,12,18,20H,3,6-8,10-11,13-17H2,1-2H3. The summed E-state index contributed by atoms with van der Waals surface area (Å²) in [5, 5.41) is 9.86. The molecular weight excluding hydrogens is 276 g/mol. The first-order chi connectivity index (χ1) is 10.7. The van der Waals surface area contributed by atoms with Crippen molar-refractivity contribution in [1.82, 2.24) is 0 Å². The Labute approximate surface area is 136 Å².